The third-order valence-electron chi connectivity index (χ3n) is 4.85. The van der Waals surface area contributed by atoms with Crippen LogP contribution in [-0.4, -0.2) is 24.8 Å². The van der Waals surface area contributed by atoms with Crippen molar-refractivity contribution in [3.63, 3.8) is 0 Å². The average molecular weight is 308 g/mol. The Labute approximate surface area is 129 Å². The zero-order valence-electron chi connectivity index (χ0n) is 12.7. The van der Waals surface area contributed by atoms with Crippen LogP contribution in [0.2, 0.25) is 0 Å². The minimum Gasteiger partial charge on any atom is -0.351 e. The molecule has 0 aromatic heterocycles. The minimum atomic E-state index is -0.393. The topological polar surface area (TPSA) is 44.8 Å². The van der Waals surface area contributed by atoms with Crippen molar-refractivity contribution in [3.05, 3.63) is 35.6 Å². The van der Waals surface area contributed by atoms with E-state index in [1.807, 2.05) is 0 Å². The molecule has 2 fully saturated rings. The van der Waals surface area contributed by atoms with Gasteiger partial charge in [0.2, 0.25) is 6.29 Å². The van der Waals surface area contributed by atoms with E-state index in [2.05, 4.69) is 0 Å². The summed E-state index contributed by atoms with van der Waals surface area (Å²) in [7, 11) is 1.62. The fourth-order valence-electron chi connectivity index (χ4n) is 3.58. The van der Waals surface area contributed by atoms with Crippen LogP contribution in [0.25, 0.3) is 0 Å². The summed E-state index contributed by atoms with van der Waals surface area (Å²) in [5.41, 5.74) is 0.163. The summed E-state index contributed by atoms with van der Waals surface area (Å²) in [5.74, 6) is -0.0370. The second-order valence-corrected chi connectivity index (χ2v) is 6.11. The molecular weight excluding hydrogens is 287 g/mol. The molecule has 2 unspecified atom stereocenters. The molecule has 3 atom stereocenters. The highest BCUT2D eigenvalue weighted by molar-refractivity contribution is 5.95. The summed E-state index contributed by atoms with van der Waals surface area (Å²) in [6.07, 6.45) is 4.97. The molecule has 1 aromatic carbocycles. The Bertz CT molecular complexity index is 528. The SMILES string of the molecule is COC1OOC12CCCC[C@H]2CCC(=O)c1ccc(F)cc1. The van der Waals surface area contributed by atoms with Crippen molar-refractivity contribution in [2.45, 2.75) is 50.4 Å². The number of carbonyl (C=O) groups excluding carboxylic acids is 1. The summed E-state index contributed by atoms with van der Waals surface area (Å²) in [6, 6.07) is 5.71. The van der Waals surface area contributed by atoms with Gasteiger partial charge in [-0.1, -0.05) is 12.8 Å². The number of methoxy groups -OCH3 is 1. The fourth-order valence-corrected chi connectivity index (χ4v) is 3.58. The number of carbonyl (C=O) groups is 1. The molecule has 1 saturated carbocycles. The molecule has 3 rings (SSSR count). The molecule has 0 radical (unpaired) electrons. The van der Waals surface area contributed by atoms with E-state index in [-0.39, 0.29) is 23.8 Å². The van der Waals surface area contributed by atoms with Gasteiger partial charge in [0, 0.05) is 19.1 Å². The first-order valence-electron chi connectivity index (χ1n) is 7.82. The Kier molecular flexibility index (Phi) is 4.57. The Morgan fingerprint density at radius 2 is 2.14 bits per heavy atom. The first kappa shape index (κ1) is 15.6. The van der Waals surface area contributed by atoms with Gasteiger partial charge in [-0.2, -0.15) is 0 Å². The zero-order chi connectivity index (χ0) is 15.6. The average Bonchev–Trinajstić information content (AvgIpc) is 2.53. The van der Waals surface area contributed by atoms with Gasteiger partial charge < -0.3 is 4.74 Å². The maximum Gasteiger partial charge on any atom is 0.223 e. The largest absolute Gasteiger partial charge is 0.351 e. The lowest BCUT2D eigenvalue weighted by Gasteiger charge is -2.52. The Hall–Kier alpha value is -1.30. The molecule has 2 aliphatic rings. The molecule has 0 amide bonds. The van der Waals surface area contributed by atoms with E-state index in [0.29, 0.717) is 12.0 Å². The molecule has 1 spiro atoms. The summed E-state index contributed by atoms with van der Waals surface area (Å²) in [6.45, 7) is 0. The number of halogens is 1. The second-order valence-electron chi connectivity index (χ2n) is 6.11. The van der Waals surface area contributed by atoms with Crippen molar-refractivity contribution >= 4 is 5.78 Å². The number of ketones is 1. The maximum atomic E-state index is 12.9. The smallest absolute Gasteiger partial charge is 0.223 e. The van der Waals surface area contributed by atoms with Gasteiger partial charge >= 0.3 is 0 Å². The van der Waals surface area contributed by atoms with Gasteiger partial charge in [-0.05, 0) is 49.4 Å². The van der Waals surface area contributed by atoms with Crippen LogP contribution < -0.4 is 0 Å². The fraction of sp³-hybridized carbons (Fsp3) is 0.588. The van der Waals surface area contributed by atoms with Crippen LogP contribution in [0.5, 0.6) is 0 Å². The van der Waals surface area contributed by atoms with Gasteiger partial charge in [0.1, 0.15) is 5.82 Å². The molecule has 5 heteroatoms. The molecule has 1 aromatic rings. The van der Waals surface area contributed by atoms with Gasteiger partial charge in [-0.3, -0.25) is 4.79 Å². The van der Waals surface area contributed by atoms with Gasteiger partial charge in [-0.15, -0.1) is 0 Å². The van der Waals surface area contributed by atoms with Gasteiger partial charge in [0.05, 0.1) is 0 Å². The van der Waals surface area contributed by atoms with Crippen molar-refractivity contribution in [3.8, 4) is 0 Å². The third kappa shape index (κ3) is 2.81. The molecule has 4 nitrogen and oxygen atoms in total. The highest BCUT2D eigenvalue weighted by atomic mass is 19.1. The van der Waals surface area contributed by atoms with E-state index in [4.69, 9.17) is 14.5 Å². The normalized spacial score (nSPS) is 31.0. The molecular formula is C17H21FO4. The van der Waals surface area contributed by atoms with Gasteiger partial charge in [-0.25, -0.2) is 14.2 Å². The lowest BCUT2D eigenvalue weighted by atomic mass is 9.71. The predicted octanol–water partition coefficient (Wildman–Crippen LogP) is 3.65. The van der Waals surface area contributed by atoms with E-state index in [1.54, 1.807) is 7.11 Å². The van der Waals surface area contributed by atoms with Crippen LogP contribution in [-0.2, 0) is 14.5 Å². The molecule has 1 saturated heterocycles. The highest BCUT2D eigenvalue weighted by Gasteiger charge is 2.57. The van der Waals surface area contributed by atoms with Crippen LogP contribution in [0.3, 0.4) is 0 Å². The maximum absolute atomic E-state index is 12.9. The Morgan fingerprint density at radius 1 is 1.36 bits per heavy atom. The summed E-state index contributed by atoms with van der Waals surface area (Å²) in [5, 5.41) is 0. The predicted molar refractivity (Wildman–Crippen MR) is 77.6 cm³/mol. The van der Waals surface area contributed by atoms with Crippen molar-refractivity contribution in [1.29, 1.82) is 0 Å². The van der Waals surface area contributed by atoms with Crippen molar-refractivity contribution in [2.75, 3.05) is 7.11 Å². The molecule has 0 bridgehead atoms. The summed E-state index contributed by atoms with van der Waals surface area (Å²) >= 11 is 0. The Balaban J connectivity index is 1.62. The van der Waals surface area contributed by atoms with Crippen LogP contribution in [0.4, 0.5) is 4.39 Å². The van der Waals surface area contributed by atoms with Crippen LogP contribution in [0.15, 0.2) is 24.3 Å². The van der Waals surface area contributed by atoms with Crippen LogP contribution in [0.1, 0.15) is 48.9 Å². The van der Waals surface area contributed by atoms with Gasteiger partial charge in [0.15, 0.2) is 11.4 Å². The first-order valence-corrected chi connectivity index (χ1v) is 7.82. The third-order valence-corrected chi connectivity index (χ3v) is 4.85. The molecule has 1 heterocycles. The zero-order valence-corrected chi connectivity index (χ0v) is 12.7. The van der Waals surface area contributed by atoms with Crippen molar-refractivity contribution in [2.24, 2.45) is 5.92 Å². The van der Waals surface area contributed by atoms with E-state index in [1.165, 1.54) is 24.3 Å². The van der Waals surface area contributed by atoms with Crippen LogP contribution in [0, 0.1) is 11.7 Å². The van der Waals surface area contributed by atoms with Crippen molar-refractivity contribution in [1.82, 2.24) is 0 Å². The molecule has 1 aliphatic carbocycles. The Morgan fingerprint density at radius 3 is 2.77 bits per heavy atom. The monoisotopic (exact) mass is 308 g/mol. The summed E-state index contributed by atoms with van der Waals surface area (Å²) in [4.78, 5) is 22.7. The van der Waals surface area contributed by atoms with E-state index >= 15 is 0 Å². The number of ether oxygens (including phenoxy) is 1. The summed E-state index contributed by atoms with van der Waals surface area (Å²) < 4.78 is 18.2. The standard InChI is InChI=1S/C17H21FO4/c1-20-16-17(22-21-16)11-3-2-4-13(17)7-10-15(19)12-5-8-14(18)9-6-12/h5-6,8-9,13,16H,2-4,7,10-11H2,1H3/t13-,16?,17?/m0/s1. The van der Waals surface area contributed by atoms with Gasteiger partial charge in [0.25, 0.3) is 0 Å². The molecule has 1 aliphatic heterocycles. The van der Waals surface area contributed by atoms with E-state index < -0.39 is 5.60 Å². The van der Waals surface area contributed by atoms with E-state index in [9.17, 15) is 9.18 Å². The molecule has 120 valence electrons. The van der Waals surface area contributed by atoms with E-state index in [0.717, 1.165) is 32.1 Å². The molecule has 22 heavy (non-hydrogen) atoms. The lowest BCUT2D eigenvalue weighted by molar-refractivity contribution is -0.571. The number of rotatable bonds is 5. The van der Waals surface area contributed by atoms with Crippen LogP contribution >= 0.6 is 0 Å². The molecule has 0 N–H and O–H groups in total. The second kappa shape index (κ2) is 6.44. The first-order chi connectivity index (χ1) is 10.7. The number of Topliss-reactive ketones (excluding diaryl/α,β-unsaturated/α-hetero) is 1. The minimum absolute atomic E-state index is 0.0370. The number of benzene rings is 1. The number of hydrogen-bond donors (Lipinski definition) is 0. The van der Waals surface area contributed by atoms with Crippen molar-refractivity contribution < 1.29 is 23.7 Å². The highest BCUT2D eigenvalue weighted by Crippen LogP contribution is 2.48. The quantitative estimate of drug-likeness (QED) is 0.615. The number of hydrogen-bond acceptors (Lipinski definition) is 4. The lowest BCUT2D eigenvalue weighted by Crippen LogP contribution is -2.62.